The number of halogens is 1. The number of nitrogens with one attached hydrogen (secondary N) is 1. The molecule has 0 atom stereocenters. The van der Waals surface area contributed by atoms with Gasteiger partial charge in [-0.25, -0.2) is 0 Å². The second-order valence-electron chi connectivity index (χ2n) is 6.38. The minimum atomic E-state index is -0.194. The van der Waals surface area contributed by atoms with Gasteiger partial charge >= 0.3 is 0 Å². The topological polar surface area (TPSA) is 54.3 Å². The monoisotopic (exact) mass is 381 g/mol. The molecule has 0 saturated carbocycles. The molecule has 27 heavy (non-hydrogen) atoms. The number of anilines is 1. The van der Waals surface area contributed by atoms with Crippen molar-refractivity contribution >= 4 is 29.1 Å². The van der Waals surface area contributed by atoms with E-state index in [-0.39, 0.29) is 18.2 Å². The number of carbonyl (C=O) groups is 2. The van der Waals surface area contributed by atoms with Gasteiger partial charge in [0, 0.05) is 37.7 Å². The maximum absolute atomic E-state index is 12.4. The molecular formula is C21H20ClN3O2. The smallest absolute Gasteiger partial charge is 0.253 e. The number of amides is 2. The first-order valence-electron chi connectivity index (χ1n) is 8.47. The standard InChI is InChI=1S/C21H20ClN3O2/c1-24(2)21(27)16-7-10-18(22)19(14-16)23-20(26)13-15-5-8-17(9-6-15)25-11-3-4-12-25/h3-12,14H,13H2,1-2H3,(H,23,26). The Balaban J connectivity index is 1.69. The van der Waals surface area contributed by atoms with Crippen LogP contribution in [0.25, 0.3) is 5.69 Å². The minimum absolute atomic E-state index is 0.150. The fraction of sp³-hybridized carbons (Fsp3) is 0.143. The summed E-state index contributed by atoms with van der Waals surface area (Å²) in [5.41, 5.74) is 2.82. The molecule has 0 aliphatic carbocycles. The lowest BCUT2D eigenvalue weighted by Crippen LogP contribution is -2.22. The average Bonchev–Trinajstić information content (AvgIpc) is 3.18. The molecule has 0 bridgehead atoms. The van der Waals surface area contributed by atoms with Crippen LogP contribution in [0.1, 0.15) is 15.9 Å². The van der Waals surface area contributed by atoms with E-state index in [0.717, 1.165) is 11.3 Å². The molecule has 0 saturated heterocycles. The third-order valence-corrected chi connectivity index (χ3v) is 4.43. The Morgan fingerprint density at radius 3 is 2.33 bits per heavy atom. The van der Waals surface area contributed by atoms with Gasteiger partial charge < -0.3 is 14.8 Å². The number of hydrogen-bond donors (Lipinski definition) is 1. The Labute approximate surface area is 163 Å². The number of nitrogens with zero attached hydrogens (tertiary/aromatic N) is 2. The van der Waals surface area contributed by atoms with Gasteiger partial charge in [-0.3, -0.25) is 9.59 Å². The van der Waals surface area contributed by atoms with Crippen molar-refractivity contribution in [1.82, 2.24) is 9.47 Å². The molecule has 0 radical (unpaired) electrons. The molecule has 1 aromatic heterocycles. The van der Waals surface area contributed by atoms with Crippen molar-refractivity contribution in [3.05, 3.63) is 83.1 Å². The number of carbonyl (C=O) groups excluding carboxylic acids is 2. The molecule has 0 fully saturated rings. The Hall–Kier alpha value is -3.05. The number of rotatable bonds is 5. The van der Waals surface area contributed by atoms with Gasteiger partial charge in [0.05, 0.1) is 17.1 Å². The van der Waals surface area contributed by atoms with E-state index in [1.807, 2.05) is 53.4 Å². The van der Waals surface area contributed by atoms with E-state index >= 15 is 0 Å². The summed E-state index contributed by atoms with van der Waals surface area (Å²) in [6.45, 7) is 0. The Kier molecular flexibility index (Phi) is 5.62. The predicted octanol–water partition coefficient (Wildman–Crippen LogP) is 4.01. The molecule has 1 heterocycles. The van der Waals surface area contributed by atoms with Gasteiger partial charge in [-0.05, 0) is 48.0 Å². The average molecular weight is 382 g/mol. The lowest BCUT2D eigenvalue weighted by Gasteiger charge is -2.13. The van der Waals surface area contributed by atoms with Crippen molar-refractivity contribution in [2.45, 2.75) is 6.42 Å². The summed E-state index contributed by atoms with van der Waals surface area (Å²) in [7, 11) is 3.35. The third-order valence-electron chi connectivity index (χ3n) is 4.10. The van der Waals surface area contributed by atoms with Crippen LogP contribution in [0.2, 0.25) is 5.02 Å². The summed E-state index contributed by atoms with van der Waals surface area (Å²) in [5, 5.41) is 3.18. The first kappa shape index (κ1) is 18.7. The summed E-state index contributed by atoms with van der Waals surface area (Å²) < 4.78 is 2.00. The summed E-state index contributed by atoms with van der Waals surface area (Å²) >= 11 is 6.16. The lowest BCUT2D eigenvalue weighted by atomic mass is 10.1. The summed E-state index contributed by atoms with van der Waals surface area (Å²) in [6.07, 6.45) is 4.14. The SMILES string of the molecule is CN(C)C(=O)c1ccc(Cl)c(NC(=O)Cc2ccc(-n3cccc3)cc2)c1. The van der Waals surface area contributed by atoms with Gasteiger partial charge in [-0.15, -0.1) is 0 Å². The van der Waals surface area contributed by atoms with E-state index < -0.39 is 0 Å². The molecule has 3 rings (SSSR count). The predicted molar refractivity (Wildman–Crippen MR) is 108 cm³/mol. The second-order valence-corrected chi connectivity index (χ2v) is 6.78. The Bertz CT molecular complexity index is 948. The molecule has 1 N–H and O–H groups in total. The van der Waals surface area contributed by atoms with Gasteiger partial charge in [0.1, 0.15) is 0 Å². The molecule has 3 aromatic rings. The van der Waals surface area contributed by atoms with E-state index in [4.69, 9.17) is 11.6 Å². The normalized spacial score (nSPS) is 10.5. The first-order chi connectivity index (χ1) is 12.9. The first-order valence-corrected chi connectivity index (χ1v) is 8.85. The zero-order chi connectivity index (χ0) is 19.4. The molecule has 0 aliphatic rings. The van der Waals surface area contributed by atoms with Gasteiger partial charge in [0.15, 0.2) is 0 Å². The molecule has 2 amide bonds. The van der Waals surface area contributed by atoms with Crippen molar-refractivity contribution in [3.8, 4) is 5.69 Å². The van der Waals surface area contributed by atoms with Crippen LogP contribution in [0, 0.1) is 0 Å². The molecule has 0 unspecified atom stereocenters. The van der Waals surface area contributed by atoms with Gasteiger partial charge in [-0.2, -0.15) is 0 Å². The zero-order valence-corrected chi connectivity index (χ0v) is 15.9. The van der Waals surface area contributed by atoms with Crippen molar-refractivity contribution in [2.75, 3.05) is 19.4 Å². The molecular weight excluding hydrogens is 362 g/mol. The van der Waals surface area contributed by atoms with Crippen LogP contribution in [-0.2, 0) is 11.2 Å². The largest absolute Gasteiger partial charge is 0.345 e. The number of benzene rings is 2. The fourth-order valence-electron chi connectivity index (χ4n) is 2.68. The quantitative estimate of drug-likeness (QED) is 0.725. The molecule has 5 nitrogen and oxygen atoms in total. The van der Waals surface area contributed by atoms with E-state index in [0.29, 0.717) is 16.3 Å². The molecule has 6 heteroatoms. The van der Waals surface area contributed by atoms with E-state index in [1.165, 1.54) is 4.90 Å². The second kappa shape index (κ2) is 8.10. The van der Waals surface area contributed by atoms with Crippen LogP contribution >= 0.6 is 11.6 Å². The van der Waals surface area contributed by atoms with Crippen LogP contribution in [0.3, 0.4) is 0 Å². The zero-order valence-electron chi connectivity index (χ0n) is 15.1. The highest BCUT2D eigenvalue weighted by molar-refractivity contribution is 6.33. The van der Waals surface area contributed by atoms with Gasteiger partial charge in [0.2, 0.25) is 5.91 Å². The number of hydrogen-bond acceptors (Lipinski definition) is 2. The van der Waals surface area contributed by atoms with Gasteiger partial charge in [-0.1, -0.05) is 23.7 Å². The maximum Gasteiger partial charge on any atom is 0.253 e. The number of aromatic nitrogens is 1. The van der Waals surface area contributed by atoms with E-state index in [9.17, 15) is 9.59 Å². The van der Waals surface area contributed by atoms with E-state index in [1.54, 1.807) is 32.3 Å². The molecule has 2 aromatic carbocycles. The van der Waals surface area contributed by atoms with Crippen LogP contribution < -0.4 is 5.32 Å². The van der Waals surface area contributed by atoms with Crippen LogP contribution in [0.4, 0.5) is 5.69 Å². The van der Waals surface area contributed by atoms with Crippen LogP contribution in [0.5, 0.6) is 0 Å². The molecule has 138 valence electrons. The third kappa shape index (κ3) is 4.57. The van der Waals surface area contributed by atoms with Crippen molar-refractivity contribution < 1.29 is 9.59 Å². The highest BCUT2D eigenvalue weighted by atomic mass is 35.5. The highest BCUT2D eigenvalue weighted by Gasteiger charge is 2.13. The van der Waals surface area contributed by atoms with Crippen molar-refractivity contribution in [3.63, 3.8) is 0 Å². The van der Waals surface area contributed by atoms with Crippen LogP contribution in [-0.4, -0.2) is 35.4 Å². The summed E-state index contributed by atoms with van der Waals surface area (Å²) in [4.78, 5) is 25.9. The molecule has 0 spiro atoms. The summed E-state index contributed by atoms with van der Waals surface area (Å²) in [6, 6.07) is 16.5. The van der Waals surface area contributed by atoms with Gasteiger partial charge in [0.25, 0.3) is 5.91 Å². The Morgan fingerprint density at radius 2 is 1.70 bits per heavy atom. The van der Waals surface area contributed by atoms with E-state index in [2.05, 4.69) is 5.32 Å². The lowest BCUT2D eigenvalue weighted by molar-refractivity contribution is -0.115. The fourth-order valence-corrected chi connectivity index (χ4v) is 2.85. The Morgan fingerprint density at radius 1 is 1.04 bits per heavy atom. The maximum atomic E-state index is 12.4. The minimum Gasteiger partial charge on any atom is -0.345 e. The van der Waals surface area contributed by atoms with Crippen molar-refractivity contribution in [2.24, 2.45) is 0 Å². The van der Waals surface area contributed by atoms with Crippen molar-refractivity contribution in [1.29, 1.82) is 0 Å². The van der Waals surface area contributed by atoms with Crippen LogP contribution in [0.15, 0.2) is 67.0 Å². The highest BCUT2D eigenvalue weighted by Crippen LogP contribution is 2.24. The molecule has 0 aliphatic heterocycles. The summed E-state index contributed by atoms with van der Waals surface area (Å²) in [5.74, 6) is -0.345.